The third-order valence-electron chi connectivity index (χ3n) is 5.34. The SMILES string of the molecule is COc1ccc(C(=O)N2CCN(CC(=O)N(C)Cc3ccccc3)CC2)cc1OC. The average molecular weight is 412 g/mol. The van der Waals surface area contributed by atoms with Gasteiger partial charge in [-0.3, -0.25) is 14.5 Å². The molecule has 1 heterocycles. The van der Waals surface area contributed by atoms with Crippen LogP contribution in [-0.2, 0) is 11.3 Å². The van der Waals surface area contributed by atoms with Crippen molar-refractivity contribution in [2.24, 2.45) is 0 Å². The summed E-state index contributed by atoms with van der Waals surface area (Å²) in [6.07, 6.45) is 0. The molecule has 2 aromatic rings. The molecule has 1 aliphatic heterocycles. The number of nitrogens with zero attached hydrogens (tertiary/aromatic N) is 3. The van der Waals surface area contributed by atoms with Gasteiger partial charge in [0.2, 0.25) is 5.91 Å². The van der Waals surface area contributed by atoms with Crippen molar-refractivity contribution in [2.45, 2.75) is 6.54 Å². The predicted molar refractivity (Wildman–Crippen MR) is 115 cm³/mol. The number of methoxy groups -OCH3 is 2. The van der Waals surface area contributed by atoms with Gasteiger partial charge in [-0.25, -0.2) is 0 Å². The van der Waals surface area contributed by atoms with E-state index in [9.17, 15) is 9.59 Å². The van der Waals surface area contributed by atoms with Gasteiger partial charge in [-0.05, 0) is 23.8 Å². The molecule has 30 heavy (non-hydrogen) atoms. The van der Waals surface area contributed by atoms with E-state index in [4.69, 9.17) is 9.47 Å². The summed E-state index contributed by atoms with van der Waals surface area (Å²) in [5, 5.41) is 0. The Balaban J connectivity index is 1.50. The first-order valence-electron chi connectivity index (χ1n) is 10.0. The first kappa shape index (κ1) is 21.6. The lowest BCUT2D eigenvalue weighted by atomic mass is 10.1. The van der Waals surface area contributed by atoms with Gasteiger partial charge < -0.3 is 19.3 Å². The molecule has 0 N–H and O–H groups in total. The van der Waals surface area contributed by atoms with Gasteiger partial charge in [-0.2, -0.15) is 0 Å². The van der Waals surface area contributed by atoms with Crippen molar-refractivity contribution in [1.29, 1.82) is 0 Å². The molecule has 0 aliphatic carbocycles. The topological polar surface area (TPSA) is 62.3 Å². The number of carbonyl (C=O) groups excluding carboxylic acids is 2. The van der Waals surface area contributed by atoms with Gasteiger partial charge in [0.05, 0.1) is 20.8 Å². The van der Waals surface area contributed by atoms with Crippen molar-refractivity contribution in [3.05, 3.63) is 59.7 Å². The van der Waals surface area contributed by atoms with E-state index in [0.29, 0.717) is 56.3 Å². The molecule has 2 aromatic carbocycles. The van der Waals surface area contributed by atoms with Crippen LogP contribution in [0.25, 0.3) is 0 Å². The van der Waals surface area contributed by atoms with Crippen molar-refractivity contribution in [3.63, 3.8) is 0 Å². The monoisotopic (exact) mass is 411 g/mol. The minimum Gasteiger partial charge on any atom is -0.493 e. The molecule has 1 fully saturated rings. The molecular formula is C23H29N3O4. The van der Waals surface area contributed by atoms with Crippen LogP contribution in [0.4, 0.5) is 0 Å². The highest BCUT2D eigenvalue weighted by Gasteiger charge is 2.24. The van der Waals surface area contributed by atoms with Crippen LogP contribution in [0, 0.1) is 0 Å². The first-order valence-corrected chi connectivity index (χ1v) is 10.0. The summed E-state index contributed by atoms with van der Waals surface area (Å²) < 4.78 is 10.5. The van der Waals surface area contributed by atoms with Crippen LogP contribution in [0.1, 0.15) is 15.9 Å². The highest BCUT2D eigenvalue weighted by Crippen LogP contribution is 2.28. The Hall–Kier alpha value is -3.06. The van der Waals surface area contributed by atoms with E-state index in [0.717, 1.165) is 5.56 Å². The summed E-state index contributed by atoms with van der Waals surface area (Å²) in [5.41, 5.74) is 1.68. The lowest BCUT2D eigenvalue weighted by Crippen LogP contribution is -2.51. The van der Waals surface area contributed by atoms with Gasteiger partial charge in [0.25, 0.3) is 5.91 Å². The van der Waals surface area contributed by atoms with Crippen LogP contribution in [0.3, 0.4) is 0 Å². The summed E-state index contributed by atoms with van der Waals surface area (Å²) in [7, 11) is 4.94. The van der Waals surface area contributed by atoms with Crippen molar-refractivity contribution >= 4 is 11.8 Å². The number of hydrogen-bond donors (Lipinski definition) is 0. The Bertz CT molecular complexity index is 864. The molecule has 2 amide bonds. The predicted octanol–water partition coefficient (Wildman–Crippen LogP) is 2.12. The molecule has 0 unspecified atom stereocenters. The molecule has 1 aliphatic rings. The average Bonchev–Trinajstić information content (AvgIpc) is 2.79. The van der Waals surface area contributed by atoms with Crippen molar-refractivity contribution in [2.75, 3.05) is 54.0 Å². The second-order valence-corrected chi connectivity index (χ2v) is 7.37. The lowest BCUT2D eigenvalue weighted by Gasteiger charge is -2.35. The standard InChI is InChI=1S/C23H29N3O4/c1-24(16-18-7-5-4-6-8-18)22(27)17-25-11-13-26(14-12-25)23(28)19-9-10-20(29-2)21(15-19)30-3/h4-10,15H,11-14,16-17H2,1-3H3. The maximum absolute atomic E-state index is 12.8. The zero-order valence-corrected chi connectivity index (χ0v) is 17.8. The normalized spacial score (nSPS) is 14.3. The van der Waals surface area contributed by atoms with Crippen LogP contribution in [0.2, 0.25) is 0 Å². The number of hydrogen-bond acceptors (Lipinski definition) is 5. The number of amides is 2. The highest BCUT2D eigenvalue weighted by atomic mass is 16.5. The highest BCUT2D eigenvalue weighted by molar-refractivity contribution is 5.95. The molecule has 7 nitrogen and oxygen atoms in total. The van der Waals surface area contributed by atoms with Crippen molar-refractivity contribution in [3.8, 4) is 11.5 Å². The maximum atomic E-state index is 12.8. The second kappa shape index (κ2) is 10.1. The summed E-state index contributed by atoms with van der Waals surface area (Å²) in [6.45, 7) is 3.47. The molecule has 160 valence electrons. The van der Waals surface area contributed by atoms with Gasteiger partial charge in [0.15, 0.2) is 11.5 Å². The Morgan fingerprint density at radius 2 is 1.60 bits per heavy atom. The quantitative estimate of drug-likeness (QED) is 0.699. The molecule has 0 saturated carbocycles. The Kier molecular flexibility index (Phi) is 7.30. The third-order valence-corrected chi connectivity index (χ3v) is 5.34. The fourth-order valence-electron chi connectivity index (χ4n) is 3.52. The number of rotatable bonds is 7. The zero-order chi connectivity index (χ0) is 21.5. The van der Waals surface area contributed by atoms with Gasteiger partial charge in [0.1, 0.15) is 0 Å². The minimum absolute atomic E-state index is 0.0388. The fraction of sp³-hybridized carbons (Fsp3) is 0.391. The Morgan fingerprint density at radius 1 is 0.933 bits per heavy atom. The van der Waals surface area contributed by atoms with Crippen LogP contribution < -0.4 is 9.47 Å². The van der Waals surface area contributed by atoms with E-state index in [2.05, 4.69) is 4.90 Å². The van der Waals surface area contributed by atoms with Crippen molar-refractivity contribution in [1.82, 2.24) is 14.7 Å². The molecule has 0 spiro atoms. The van der Waals surface area contributed by atoms with E-state index in [-0.39, 0.29) is 11.8 Å². The smallest absolute Gasteiger partial charge is 0.254 e. The number of piperazine rings is 1. The molecule has 7 heteroatoms. The zero-order valence-electron chi connectivity index (χ0n) is 17.8. The molecule has 0 atom stereocenters. The van der Waals surface area contributed by atoms with Gasteiger partial charge >= 0.3 is 0 Å². The largest absolute Gasteiger partial charge is 0.493 e. The molecule has 1 saturated heterocycles. The summed E-state index contributed by atoms with van der Waals surface area (Å²) in [6, 6.07) is 15.1. The van der Waals surface area contributed by atoms with Crippen molar-refractivity contribution < 1.29 is 19.1 Å². The van der Waals surface area contributed by atoms with E-state index in [1.165, 1.54) is 0 Å². The van der Waals surface area contributed by atoms with Gasteiger partial charge in [-0.15, -0.1) is 0 Å². The van der Waals surface area contributed by atoms with Crippen LogP contribution in [0.15, 0.2) is 48.5 Å². The van der Waals surface area contributed by atoms with Gasteiger partial charge in [0, 0.05) is 45.3 Å². The number of likely N-dealkylation sites (N-methyl/N-ethyl adjacent to an activating group) is 1. The third kappa shape index (κ3) is 5.30. The minimum atomic E-state index is -0.0388. The van der Waals surface area contributed by atoms with E-state index in [1.807, 2.05) is 42.3 Å². The lowest BCUT2D eigenvalue weighted by molar-refractivity contribution is -0.132. The number of benzene rings is 2. The Labute approximate surface area is 177 Å². The summed E-state index contributed by atoms with van der Waals surface area (Å²) in [5.74, 6) is 1.17. The maximum Gasteiger partial charge on any atom is 0.254 e. The van der Waals surface area contributed by atoms with Crippen LogP contribution in [-0.4, -0.2) is 80.5 Å². The van der Waals surface area contributed by atoms with Crippen LogP contribution >= 0.6 is 0 Å². The fourth-order valence-corrected chi connectivity index (χ4v) is 3.52. The number of carbonyl (C=O) groups is 2. The molecule has 3 rings (SSSR count). The molecule has 0 aromatic heterocycles. The van der Waals surface area contributed by atoms with E-state index >= 15 is 0 Å². The molecular weight excluding hydrogens is 382 g/mol. The number of ether oxygens (including phenoxy) is 2. The first-order chi connectivity index (χ1) is 14.5. The summed E-state index contributed by atoms with van der Waals surface area (Å²) >= 11 is 0. The van der Waals surface area contributed by atoms with Gasteiger partial charge in [-0.1, -0.05) is 30.3 Å². The van der Waals surface area contributed by atoms with E-state index < -0.39 is 0 Å². The molecule has 0 radical (unpaired) electrons. The van der Waals surface area contributed by atoms with Crippen LogP contribution in [0.5, 0.6) is 11.5 Å². The summed E-state index contributed by atoms with van der Waals surface area (Å²) in [4.78, 5) is 31.1. The second-order valence-electron chi connectivity index (χ2n) is 7.37. The molecule has 0 bridgehead atoms. The Morgan fingerprint density at radius 3 is 2.23 bits per heavy atom. The van der Waals surface area contributed by atoms with E-state index in [1.54, 1.807) is 37.3 Å².